The van der Waals surface area contributed by atoms with E-state index in [0.717, 1.165) is 11.3 Å². The Labute approximate surface area is 201 Å². The van der Waals surface area contributed by atoms with Gasteiger partial charge in [0, 0.05) is 16.3 Å². The second-order valence-electron chi connectivity index (χ2n) is 7.88. The van der Waals surface area contributed by atoms with Crippen molar-refractivity contribution >= 4 is 29.1 Å². The predicted molar refractivity (Wildman–Crippen MR) is 130 cm³/mol. The maximum atomic E-state index is 13.6. The minimum atomic E-state index is -0.617. The number of para-hydroxylation sites is 2. The average Bonchev–Trinajstić information content (AvgIpc) is 3.45. The number of hydrogen-bond donors (Lipinski definition) is 2. The summed E-state index contributed by atoms with van der Waals surface area (Å²) in [7, 11) is 1.56. The fourth-order valence-electron chi connectivity index (χ4n) is 3.97. The Balaban J connectivity index is 1.58. The zero-order valence-electron chi connectivity index (χ0n) is 18.8. The van der Waals surface area contributed by atoms with Crippen molar-refractivity contribution in [3.05, 3.63) is 88.5 Å². The highest BCUT2D eigenvalue weighted by atomic mass is 35.5. The van der Waals surface area contributed by atoms with Gasteiger partial charge in [-0.15, -0.1) is 5.10 Å². The summed E-state index contributed by atoms with van der Waals surface area (Å²) in [5.74, 6) is 2.59. The first-order valence-corrected chi connectivity index (χ1v) is 11.0. The second-order valence-corrected chi connectivity index (χ2v) is 8.32. The highest BCUT2D eigenvalue weighted by Crippen LogP contribution is 2.38. The number of nitrogens with zero attached hydrogens (tertiary/aromatic N) is 3. The van der Waals surface area contributed by atoms with Gasteiger partial charge in [0.1, 0.15) is 23.3 Å². The molecule has 0 aliphatic carbocycles. The Morgan fingerprint density at radius 3 is 2.59 bits per heavy atom. The molecule has 0 radical (unpaired) electrons. The third kappa shape index (κ3) is 3.92. The molecule has 3 heterocycles. The van der Waals surface area contributed by atoms with Gasteiger partial charge in [-0.2, -0.15) is 4.98 Å². The number of methoxy groups -OCH3 is 1. The molecule has 5 rings (SSSR count). The van der Waals surface area contributed by atoms with Crippen LogP contribution in [0.5, 0.6) is 5.75 Å². The molecule has 0 saturated carbocycles. The van der Waals surface area contributed by atoms with Crippen LogP contribution < -0.4 is 15.4 Å². The molecular formula is C25H22ClN5O3. The number of aryl methyl sites for hydroxylation is 1. The molecule has 0 fully saturated rings. The lowest BCUT2D eigenvalue weighted by Gasteiger charge is -2.27. The van der Waals surface area contributed by atoms with E-state index in [1.807, 2.05) is 50.2 Å². The Morgan fingerprint density at radius 2 is 1.88 bits per heavy atom. The normalized spacial score (nSPS) is 15.0. The van der Waals surface area contributed by atoms with Crippen molar-refractivity contribution < 1.29 is 13.9 Å². The smallest absolute Gasteiger partial charge is 0.256 e. The van der Waals surface area contributed by atoms with E-state index in [9.17, 15) is 4.79 Å². The molecule has 172 valence electrons. The second kappa shape index (κ2) is 8.72. The largest absolute Gasteiger partial charge is 0.495 e. The van der Waals surface area contributed by atoms with Crippen molar-refractivity contribution in [2.24, 2.45) is 0 Å². The SMILES string of the molecule is COc1ccccc1NC(=O)C1=C(C)Nc2nc(-c3ccc(Cl)cc3)nn2C1c1ccc(C)o1. The molecule has 0 saturated heterocycles. The zero-order chi connectivity index (χ0) is 23.8. The van der Waals surface area contributed by atoms with Crippen molar-refractivity contribution in [2.75, 3.05) is 17.7 Å². The maximum Gasteiger partial charge on any atom is 0.256 e. The Hall–Kier alpha value is -4.04. The molecule has 0 spiro atoms. The summed E-state index contributed by atoms with van der Waals surface area (Å²) in [5.41, 5.74) is 2.48. The Morgan fingerprint density at radius 1 is 1.12 bits per heavy atom. The number of furan rings is 1. The topological polar surface area (TPSA) is 94.2 Å². The summed E-state index contributed by atoms with van der Waals surface area (Å²) in [6.45, 7) is 3.69. The standard InChI is InChI=1S/C25H22ClN5O3/c1-14-8-13-20(34-14)22-21(24(32)28-18-6-4-5-7-19(18)33-3)15(2)27-25-29-23(30-31(22)25)16-9-11-17(26)12-10-16/h4-13,22H,1-3H3,(H,28,32)(H,27,29,30). The van der Waals surface area contributed by atoms with Crippen LogP contribution in [0.4, 0.5) is 11.6 Å². The number of anilines is 2. The molecule has 9 heteroatoms. The predicted octanol–water partition coefficient (Wildman–Crippen LogP) is 5.44. The molecule has 2 aromatic carbocycles. The molecule has 1 unspecified atom stereocenters. The number of carbonyl (C=O) groups excluding carboxylic acids is 1. The van der Waals surface area contributed by atoms with Gasteiger partial charge in [-0.25, -0.2) is 4.68 Å². The average molecular weight is 476 g/mol. The lowest BCUT2D eigenvalue weighted by molar-refractivity contribution is -0.113. The number of ether oxygens (including phenoxy) is 1. The highest BCUT2D eigenvalue weighted by Gasteiger charge is 2.36. The minimum Gasteiger partial charge on any atom is -0.495 e. The van der Waals surface area contributed by atoms with Gasteiger partial charge in [0.2, 0.25) is 5.95 Å². The Kier molecular flexibility index (Phi) is 5.59. The third-order valence-corrected chi connectivity index (χ3v) is 5.84. The van der Waals surface area contributed by atoms with Gasteiger partial charge >= 0.3 is 0 Å². The quantitative estimate of drug-likeness (QED) is 0.399. The molecule has 0 bridgehead atoms. The van der Waals surface area contributed by atoms with Crippen molar-refractivity contribution in [3.63, 3.8) is 0 Å². The molecule has 1 atom stereocenters. The number of benzene rings is 2. The number of rotatable bonds is 5. The fraction of sp³-hybridized carbons (Fsp3) is 0.160. The van der Waals surface area contributed by atoms with Crippen LogP contribution in [0.15, 0.2) is 76.4 Å². The third-order valence-electron chi connectivity index (χ3n) is 5.59. The van der Waals surface area contributed by atoms with Gasteiger partial charge in [0.25, 0.3) is 5.91 Å². The first-order chi connectivity index (χ1) is 16.4. The molecular weight excluding hydrogens is 454 g/mol. The molecule has 8 nitrogen and oxygen atoms in total. The van der Waals surface area contributed by atoms with Gasteiger partial charge in [-0.05, 0) is 62.4 Å². The summed E-state index contributed by atoms with van der Waals surface area (Å²) >= 11 is 6.04. The van der Waals surface area contributed by atoms with Crippen molar-refractivity contribution in [3.8, 4) is 17.1 Å². The van der Waals surface area contributed by atoms with Gasteiger partial charge in [0.05, 0.1) is 18.4 Å². The number of hydrogen-bond acceptors (Lipinski definition) is 6. The number of amides is 1. The molecule has 1 aliphatic rings. The summed E-state index contributed by atoms with van der Waals surface area (Å²) in [6.07, 6.45) is 0. The number of carbonyl (C=O) groups is 1. The Bertz CT molecular complexity index is 1400. The van der Waals surface area contributed by atoms with Gasteiger partial charge in [0.15, 0.2) is 5.82 Å². The van der Waals surface area contributed by atoms with Crippen LogP contribution >= 0.6 is 11.6 Å². The zero-order valence-corrected chi connectivity index (χ0v) is 19.6. The number of aromatic nitrogens is 3. The summed E-state index contributed by atoms with van der Waals surface area (Å²) in [6, 6.07) is 17.6. The summed E-state index contributed by atoms with van der Waals surface area (Å²) < 4.78 is 13.0. The van der Waals surface area contributed by atoms with E-state index in [0.29, 0.717) is 45.3 Å². The van der Waals surface area contributed by atoms with E-state index in [1.54, 1.807) is 36.1 Å². The van der Waals surface area contributed by atoms with E-state index in [2.05, 4.69) is 15.6 Å². The monoisotopic (exact) mass is 475 g/mol. The summed E-state index contributed by atoms with van der Waals surface area (Å²) in [5, 5.41) is 11.5. The highest BCUT2D eigenvalue weighted by molar-refractivity contribution is 6.30. The van der Waals surface area contributed by atoms with Gasteiger partial charge in [-0.3, -0.25) is 4.79 Å². The van der Waals surface area contributed by atoms with Crippen LogP contribution in [-0.4, -0.2) is 27.8 Å². The summed E-state index contributed by atoms with van der Waals surface area (Å²) in [4.78, 5) is 18.2. The minimum absolute atomic E-state index is 0.303. The molecule has 2 aromatic heterocycles. The lowest BCUT2D eigenvalue weighted by atomic mass is 10.00. The first-order valence-electron chi connectivity index (χ1n) is 10.7. The van der Waals surface area contributed by atoms with Crippen LogP contribution in [0, 0.1) is 6.92 Å². The van der Waals surface area contributed by atoms with Crippen molar-refractivity contribution in [1.82, 2.24) is 14.8 Å². The number of allylic oxidation sites excluding steroid dienone is 1. The number of halogens is 1. The van der Waals surface area contributed by atoms with E-state index in [1.165, 1.54) is 0 Å². The maximum absolute atomic E-state index is 13.6. The van der Waals surface area contributed by atoms with Crippen molar-refractivity contribution in [1.29, 1.82) is 0 Å². The van der Waals surface area contributed by atoms with Crippen LogP contribution in [0.3, 0.4) is 0 Å². The van der Waals surface area contributed by atoms with E-state index in [4.69, 9.17) is 25.9 Å². The van der Waals surface area contributed by atoms with Crippen LogP contribution in [-0.2, 0) is 4.79 Å². The van der Waals surface area contributed by atoms with Crippen LogP contribution in [0.2, 0.25) is 5.02 Å². The van der Waals surface area contributed by atoms with E-state index < -0.39 is 6.04 Å². The first kappa shape index (κ1) is 21.8. The van der Waals surface area contributed by atoms with Crippen molar-refractivity contribution in [2.45, 2.75) is 19.9 Å². The van der Waals surface area contributed by atoms with E-state index >= 15 is 0 Å². The fourth-order valence-corrected chi connectivity index (χ4v) is 4.09. The number of fused-ring (bicyclic) bond motifs is 1. The molecule has 4 aromatic rings. The molecule has 1 amide bonds. The van der Waals surface area contributed by atoms with Gasteiger partial charge in [-0.1, -0.05) is 23.7 Å². The number of nitrogens with one attached hydrogen (secondary N) is 2. The lowest BCUT2D eigenvalue weighted by Crippen LogP contribution is -2.31. The molecule has 1 aliphatic heterocycles. The van der Waals surface area contributed by atoms with Crippen LogP contribution in [0.25, 0.3) is 11.4 Å². The molecule has 2 N–H and O–H groups in total. The van der Waals surface area contributed by atoms with Gasteiger partial charge < -0.3 is 19.8 Å². The van der Waals surface area contributed by atoms with E-state index in [-0.39, 0.29) is 5.91 Å². The van der Waals surface area contributed by atoms with Crippen LogP contribution in [0.1, 0.15) is 24.5 Å². The molecule has 34 heavy (non-hydrogen) atoms.